The molecule has 0 aromatic carbocycles. The number of carbonyl (C=O) groups is 2. The molecule has 0 saturated carbocycles. The van der Waals surface area contributed by atoms with Gasteiger partial charge in [-0.3, -0.25) is 9.59 Å². The predicted molar refractivity (Wildman–Crippen MR) is 70.2 cm³/mol. The number of amides is 1. The van der Waals surface area contributed by atoms with E-state index in [2.05, 4.69) is 0 Å². The largest absolute Gasteiger partial charge is 0.480 e. The Balaban J connectivity index is 2.77. The van der Waals surface area contributed by atoms with Gasteiger partial charge in [0.25, 0.3) is 5.91 Å². The fraction of sp³-hybridized carbons (Fsp3) is 0.538. The SMILES string of the molecule is CCc1ccc(C(=O)N(CCN(C)C)CC(=O)O)o1. The molecule has 0 aliphatic heterocycles. The van der Waals surface area contributed by atoms with Crippen LogP contribution in [0.15, 0.2) is 16.5 Å². The van der Waals surface area contributed by atoms with Crippen molar-refractivity contribution in [1.82, 2.24) is 9.80 Å². The minimum absolute atomic E-state index is 0.192. The summed E-state index contributed by atoms with van der Waals surface area (Å²) < 4.78 is 5.37. The molecule has 19 heavy (non-hydrogen) atoms. The molecule has 106 valence electrons. The van der Waals surface area contributed by atoms with Crippen LogP contribution in [0.4, 0.5) is 0 Å². The number of rotatable bonds is 7. The highest BCUT2D eigenvalue weighted by Gasteiger charge is 2.21. The molecular formula is C13H20N2O4. The summed E-state index contributed by atoms with van der Waals surface area (Å²) in [5.41, 5.74) is 0. The number of furan rings is 1. The van der Waals surface area contributed by atoms with Crippen molar-refractivity contribution in [1.29, 1.82) is 0 Å². The predicted octanol–water partition coefficient (Wildman–Crippen LogP) is 0.930. The number of hydrogen-bond acceptors (Lipinski definition) is 4. The number of hydrogen-bond donors (Lipinski definition) is 1. The van der Waals surface area contributed by atoms with E-state index in [1.165, 1.54) is 4.90 Å². The Bertz CT molecular complexity index is 440. The van der Waals surface area contributed by atoms with Crippen molar-refractivity contribution in [3.63, 3.8) is 0 Å². The van der Waals surface area contributed by atoms with Crippen molar-refractivity contribution in [3.05, 3.63) is 23.7 Å². The molecule has 1 aromatic rings. The summed E-state index contributed by atoms with van der Waals surface area (Å²) in [6.45, 7) is 2.55. The van der Waals surface area contributed by atoms with Gasteiger partial charge >= 0.3 is 5.97 Å². The van der Waals surface area contributed by atoms with Crippen LogP contribution in [0.3, 0.4) is 0 Å². The third-order valence-corrected chi connectivity index (χ3v) is 2.65. The van der Waals surface area contributed by atoms with Gasteiger partial charge in [-0.1, -0.05) is 6.92 Å². The van der Waals surface area contributed by atoms with E-state index in [0.29, 0.717) is 25.3 Å². The summed E-state index contributed by atoms with van der Waals surface area (Å²) in [7, 11) is 3.73. The molecule has 0 aliphatic carbocycles. The molecule has 0 aliphatic rings. The summed E-state index contributed by atoms with van der Waals surface area (Å²) in [6.07, 6.45) is 0.698. The van der Waals surface area contributed by atoms with E-state index in [1.807, 2.05) is 25.9 Å². The van der Waals surface area contributed by atoms with E-state index in [4.69, 9.17) is 9.52 Å². The minimum atomic E-state index is -1.03. The summed E-state index contributed by atoms with van der Waals surface area (Å²) >= 11 is 0. The van der Waals surface area contributed by atoms with Crippen molar-refractivity contribution in [2.75, 3.05) is 33.7 Å². The maximum atomic E-state index is 12.2. The van der Waals surface area contributed by atoms with Gasteiger partial charge in [0.15, 0.2) is 5.76 Å². The summed E-state index contributed by atoms with van der Waals surface area (Å²) in [5, 5.41) is 8.86. The molecule has 1 rings (SSSR count). The lowest BCUT2D eigenvalue weighted by Gasteiger charge is -2.21. The third kappa shape index (κ3) is 4.75. The Morgan fingerprint density at radius 1 is 1.26 bits per heavy atom. The number of carboxylic acid groups (broad SMARTS) is 1. The number of carboxylic acids is 1. The topological polar surface area (TPSA) is 74.0 Å². The van der Waals surface area contributed by atoms with E-state index >= 15 is 0 Å². The molecule has 6 heteroatoms. The van der Waals surface area contributed by atoms with Crippen LogP contribution in [-0.2, 0) is 11.2 Å². The first-order chi connectivity index (χ1) is 8.93. The maximum absolute atomic E-state index is 12.2. The molecule has 0 unspecified atom stereocenters. The zero-order valence-electron chi connectivity index (χ0n) is 11.5. The van der Waals surface area contributed by atoms with E-state index in [1.54, 1.807) is 12.1 Å². The Kier molecular flexibility index (Phi) is 5.57. The van der Waals surface area contributed by atoms with Crippen LogP contribution in [0, 0.1) is 0 Å². The average molecular weight is 268 g/mol. The fourth-order valence-electron chi connectivity index (χ4n) is 1.58. The van der Waals surface area contributed by atoms with Gasteiger partial charge < -0.3 is 19.3 Å². The van der Waals surface area contributed by atoms with Gasteiger partial charge in [-0.05, 0) is 26.2 Å². The van der Waals surface area contributed by atoms with Crippen molar-refractivity contribution in [3.8, 4) is 0 Å². The van der Waals surface area contributed by atoms with E-state index in [0.717, 1.165) is 0 Å². The molecule has 0 atom stereocenters. The van der Waals surface area contributed by atoms with E-state index < -0.39 is 5.97 Å². The van der Waals surface area contributed by atoms with Crippen molar-refractivity contribution >= 4 is 11.9 Å². The van der Waals surface area contributed by atoms with Crippen molar-refractivity contribution in [2.24, 2.45) is 0 Å². The Hall–Kier alpha value is -1.82. The normalized spacial score (nSPS) is 10.7. The lowest BCUT2D eigenvalue weighted by atomic mass is 10.3. The van der Waals surface area contributed by atoms with Gasteiger partial charge in [0.1, 0.15) is 12.3 Å². The zero-order valence-corrected chi connectivity index (χ0v) is 11.5. The molecule has 0 bridgehead atoms. The van der Waals surface area contributed by atoms with Gasteiger partial charge in [-0.25, -0.2) is 0 Å². The quantitative estimate of drug-likeness (QED) is 0.796. The first-order valence-electron chi connectivity index (χ1n) is 6.18. The molecule has 0 fully saturated rings. The maximum Gasteiger partial charge on any atom is 0.323 e. The Morgan fingerprint density at radius 3 is 2.42 bits per heavy atom. The van der Waals surface area contributed by atoms with Crippen LogP contribution < -0.4 is 0 Å². The molecule has 6 nitrogen and oxygen atoms in total. The van der Waals surface area contributed by atoms with Gasteiger partial charge in [-0.15, -0.1) is 0 Å². The highest BCUT2D eigenvalue weighted by Crippen LogP contribution is 2.11. The molecule has 1 aromatic heterocycles. The first kappa shape index (κ1) is 15.2. The first-order valence-corrected chi connectivity index (χ1v) is 6.18. The van der Waals surface area contributed by atoms with Crippen molar-refractivity contribution < 1.29 is 19.1 Å². The second-order valence-electron chi connectivity index (χ2n) is 4.54. The zero-order chi connectivity index (χ0) is 14.4. The van der Waals surface area contributed by atoms with Gasteiger partial charge in [-0.2, -0.15) is 0 Å². The number of likely N-dealkylation sites (N-methyl/N-ethyl adjacent to an activating group) is 1. The second kappa shape index (κ2) is 6.94. The van der Waals surface area contributed by atoms with Crippen LogP contribution >= 0.6 is 0 Å². The molecule has 0 spiro atoms. The number of nitrogens with zero attached hydrogens (tertiary/aromatic N) is 2. The molecule has 1 heterocycles. The van der Waals surface area contributed by atoms with Gasteiger partial charge in [0.05, 0.1) is 0 Å². The highest BCUT2D eigenvalue weighted by molar-refractivity contribution is 5.93. The van der Waals surface area contributed by atoms with Crippen LogP contribution in [0.25, 0.3) is 0 Å². The van der Waals surface area contributed by atoms with Crippen LogP contribution in [0.5, 0.6) is 0 Å². The van der Waals surface area contributed by atoms with Crippen LogP contribution in [0.1, 0.15) is 23.2 Å². The van der Waals surface area contributed by atoms with Crippen LogP contribution in [-0.4, -0.2) is 60.5 Å². The van der Waals surface area contributed by atoms with Gasteiger partial charge in [0, 0.05) is 19.5 Å². The number of carbonyl (C=O) groups excluding carboxylic acids is 1. The second-order valence-corrected chi connectivity index (χ2v) is 4.54. The highest BCUT2D eigenvalue weighted by atomic mass is 16.4. The van der Waals surface area contributed by atoms with E-state index in [-0.39, 0.29) is 18.2 Å². The molecule has 0 radical (unpaired) electrons. The fourth-order valence-corrected chi connectivity index (χ4v) is 1.58. The standard InChI is InChI=1S/C13H20N2O4/c1-4-10-5-6-11(19-10)13(18)15(9-12(16)17)8-7-14(2)3/h5-6H,4,7-9H2,1-3H3,(H,16,17). The Morgan fingerprint density at radius 2 is 1.95 bits per heavy atom. The molecule has 0 saturated heterocycles. The monoisotopic (exact) mass is 268 g/mol. The lowest BCUT2D eigenvalue weighted by molar-refractivity contribution is -0.137. The summed E-state index contributed by atoms with van der Waals surface area (Å²) in [6, 6.07) is 3.32. The average Bonchev–Trinajstić information content (AvgIpc) is 2.81. The van der Waals surface area contributed by atoms with Crippen molar-refractivity contribution in [2.45, 2.75) is 13.3 Å². The summed E-state index contributed by atoms with van der Waals surface area (Å²) in [4.78, 5) is 26.2. The molecular weight excluding hydrogens is 248 g/mol. The Labute approximate surface area is 112 Å². The lowest BCUT2D eigenvalue weighted by Crippen LogP contribution is -2.39. The smallest absolute Gasteiger partial charge is 0.323 e. The van der Waals surface area contributed by atoms with Crippen LogP contribution in [0.2, 0.25) is 0 Å². The number of aryl methyl sites for hydroxylation is 1. The molecule has 1 amide bonds. The van der Waals surface area contributed by atoms with E-state index in [9.17, 15) is 9.59 Å². The molecule has 1 N–H and O–H groups in total. The third-order valence-electron chi connectivity index (χ3n) is 2.65. The minimum Gasteiger partial charge on any atom is -0.480 e. The van der Waals surface area contributed by atoms with Gasteiger partial charge in [0.2, 0.25) is 0 Å². The number of aliphatic carboxylic acids is 1. The summed E-state index contributed by atoms with van der Waals surface area (Å²) in [5.74, 6) is -0.513.